The molecule has 2 aliphatic heterocycles. The van der Waals surface area contributed by atoms with Gasteiger partial charge in [-0.3, -0.25) is 4.79 Å². The number of hydrogen-bond acceptors (Lipinski definition) is 4. The molecule has 2 aromatic rings. The molecule has 0 aromatic heterocycles. The Morgan fingerprint density at radius 1 is 1.15 bits per heavy atom. The minimum atomic E-state index is -0.331. The van der Waals surface area contributed by atoms with Crippen molar-refractivity contribution in [1.82, 2.24) is 5.48 Å². The zero-order valence-corrected chi connectivity index (χ0v) is 14.8. The molecular weight excluding hydrogens is 328 g/mol. The van der Waals surface area contributed by atoms with Crippen molar-refractivity contribution in [2.24, 2.45) is 0 Å². The third-order valence-corrected chi connectivity index (χ3v) is 4.99. The van der Waals surface area contributed by atoms with E-state index in [1.807, 2.05) is 24.3 Å². The van der Waals surface area contributed by atoms with E-state index < -0.39 is 0 Å². The van der Waals surface area contributed by atoms with Gasteiger partial charge < -0.3 is 9.64 Å². The average Bonchev–Trinajstić information content (AvgIpc) is 3.10. The summed E-state index contributed by atoms with van der Waals surface area (Å²) in [4.78, 5) is 19.9. The van der Waals surface area contributed by atoms with Crippen LogP contribution in [0.15, 0.2) is 48.5 Å². The molecule has 5 heteroatoms. The van der Waals surface area contributed by atoms with Crippen LogP contribution >= 0.6 is 0 Å². The molecule has 0 unspecified atom stereocenters. The van der Waals surface area contributed by atoms with Gasteiger partial charge in [-0.15, -0.1) is 0 Å². The first-order valence-electron chi connectivity index (χ1n) is 9.29. The van der Waals surface area contributed by atoms with E-state index in [1.54, 1.807) is 0 Å². The molecule has 1 atom stereocenters. The molecule has 5 nitrogen and oxygen atoms in total. The van der Waals surface area contributed by atoms with Crippen LogP contribution in [-0.4, -0.2) is 25.3 Å². The first-order chi connectivity index (χ1) is 12.8. The average molecular weight is 352 g/mol. The molecule has 136 valence electrons. The highest BCUT2D eigenvalue weighted by Gasteiger charge is 2.19. The summed E-state index contributed by atoms with van der Waals surface area (Å²) in [7, 11) is 0. The highest BCUT2D eigenvalue weighted by Crippen LogP contribution is 2.28. The Morgan fingerprint density at radius 3 is 2.81 bits per heavy atom. The summed E-state index contributed by atoms with van der Waals surface area (Å²) >= 11 is 0. The lowest BCUT2D eigenvalue weighted by atomic mass is 10.1. The van der Waals surface area contributed by atoms with Crippen LogP contribution < -0.4 is 10.4 Å². The lowest BCUT2D eigenvalue weighted by molar-refractivity contribution is -0.186. The van der Waals surface area contributed by atoms with Gasteiger partial charge in [-0.05, 0) is 48.6 Å². The first-order valence-corrected chi connectivity index (χ1v) is 9.29. The van der Waals surface area contributed by atoms with Crippen molar-refractivity contribution in [1.29, 1.82) is 0 Å². The molecular formula is C21H24N2O3. The Labute approximate surface area is 153 Å². The second kappa shape index (κ2) is 7.89. The number of anilines is 1. The zero-order chi connectivity index (χ0) is 17.8. The number of hydroxylamine groups is 1. The molecule has 2 aliphatic rings. The summed E-state index contributed by atoms with van der Waals surface area (Å²) in [6.07, 6.45) is 3.70. The van der Waals surface area contributed by atoms with Crippen LogP contribution in [0.25, 0.3) is 0 Å². The molecule has 2 aromatic carbocycles. The minimum Gasteiger partial charge on any atom is -0.367 e. The molecule has 0 aliphatic carbocycles. The van der Waals surface area contributed by atoms with Crippen LogP contribution in [0.4, 0.5) is 5.69 Å². The molecule has 1 amide bonds. The number of rotatable bonds is 5. The SMILES string of the molecule is O=C(NO[C@@H]1CCCCO1)c1ccc(CN2CCc3ccccc32)cc1. The number of fused-ring (bicyclic) bond motifs is 1. The topological polar surface area (TPSA) is 50.8 Å². The molecule has 0 spiro atoms. The number of benzene rings is 2. The minimum absolute atomic E-state index is 0.239. The number of hydrogen-bond donors (Lipinski definition) is 1. The van der Waals surface area contributed by atoms with Gasteiger partial charge in [0.05, 0.1) is 0 Å². The van der Waals surface area contributed by atoms with E-state index in [-0.39, 0.29) is 12.2 Å². The smallest absolute Gasteiger partial charge is 0.274 e. The molecule has 0 radical (unpaired) electrons. The predicted octanol–water partition coefficient (Wildman–Crippen LogP) is 3.44. The number of carbonyl (C=O) groups excluding carboxylic acids is 1. The monoisotopic (exact) mass is 352 g/mol. The Hall–Kier alpha value is -2.37. The molecule has 0 bridgehead atoms. The fourth-order valence-electron chi connectivity index (χ4n) is 3.54. The number of carbonyl (C=O) groups is 1. The number of amides is 1. The van der Waals surface area contributed by atoms with Gasteiger partial charge in [0.15, 0.2) is 6.29 Å². The number of ether oxygens (including phenoxy) is 1. The van der Waals surface area contributed by atoms with Crippen LogP contribution in [0.5, 0.6) is 0 Å². The van der Waals surface area contributed by atoms with Crippen molar-refractivity contribution in [3.8, 4) is 0 Å². The quantitative estimate of drug-likeness (QED) is 0.838. The van der Waals surface area contributed by atoms with E-state index in [9.17, 15) is 4.79 Å². The standard InChI is InChI=1S/C21H24N2O3/c24-21(22-26-20-7-3-4-14-25-20)18-10-8-16(9-11-18)15-23-13-12-17-5-1-2-6-19(17)23/h1-2,5-6,8-11,20H,3-4,7,12-15H2,(H,22,24)/t20-/m1/s1. The Kier molecular flexibility index (Phi) is 5.18. The third kappa shape index (κ3) is 3.89. The second-order valence-electron chi connectivity index (χ2n) is 6.84. The molecule has 1 saturated heterocycles. The summed E-state index contributed by atoms with van der Waals surface area (Å²) in [5.41, 5.74) is 7.00. The van der Waals surface area contributed by atoms with Gasteiger partial charge in [0.2, 0.25) is 0 Å². The summed E-state index contributed by atoms with van der Waals surface area (Å²) < 4.78 is 5.44. The van der Waals surface area contributed by atoms with Crippen LogP contribution in [0, 0.1) is 0 Å². The van der Waals surface area contributed by atoms with Crippen LogP contribution in [0.1, 0.15) is 40.7 Å². The van der Waals surface area contributed by atoms with Crippen molar-refractivity contribution in [3.63, 3.8) is 0 Å². The Bertz CT molecular complexity index is 754. The van der Waals surface area contributed by atoms with Gasteiger partial charge in [0.1, 0.15) is 0 Å². The van der Waals surface area contributed by atoms with E-state index >= 15 is 0 Å². The maximum absolute atomic E-state index is 12.2. The van der Waals surface area contributed by atoms with E-state index in [4.69, 9.17) is 9.57 Å². The summed E-state index contributed by atoms with van der Waals surface area (Å²) in [5, 5.41) is 0. The third-order valence-electron chi connectivity index (χ3n) is 4.99. The predicted molar refractivity (Wildman–Crippen MR) is 99.8 cm³/mol. The summed E-state index contributed by atoms with van der Waals surface area (Å²) in [6, 6.07) is 16.2. The number of para-hydroxylation sites is 1. The maximum Gasteiger partial charge on any atom is 0.274 e. The fourth-order valence-corrected chi connectivity index (χ4v) is 3.54. The van der Waals surface area contributed by atoms with Crippen molar-refractivity contribution < 1.29 is 14.4 Å². The molecule has 1 fully saturated rings. The second-order valence-corrected chi connectivity index (χ2v) is 6.84. The molecule has 26 heavy (non-hydrogen) atoms. The molecule has 0 saturated carbocycles. The van der Waals surface area contributed by atoms with Crippen LogP contribution in [-0.2, 0) is 22.5 Å². The lowest BCUT2D eigenvalue weighted by Gasteiger charge is -2.22. The van der Waals surface area contributed by atoms with E-state index in [1.165, 1.54) is 16.8 Å². The van der Waals surface area contributed by atoms with Crippen LogP contribution in [0.3, 0.4) is 0 Å². The number of nitrogens with zero attached hydrogens (tertiary/aromatic N) is 1. The van der Waals surface area contributed by atoms with Crippen molar-refractivity contribution in [2.75, 3.05) is 18.1 Å². The summed E-state index contributed by atoms with van der Waals surface area (Å²) in [5.74, 6) is -0.239. The van der Waals surface area contributed by atoms with Crippen molar-refractivity contribution in [2.45, 2.75) is 38.5 Å². The Morgan fingerprint density at radius 2 is 2.00 bits per heavy atom. The number of nitrogens with one attached hydrogen (secondary N) is 1. The first kappa shape index (κ1) is 17.1. The highest BCUT2D eigenvalue weighted by molar-refractivity contribution is 5.93. The van der Waals surface area contributed by atoms with Gasteiger partial charge in [-0.25, -0.2) is 10.3 Å². The molecule has 4 rings (SSSR count). The van der Waals surface area contributed by atoms with E-state index in [0.717, 1.165) is 38.8 Å². The molecule has 1 N–H and O–H groups in total. The van der Waals surface area contributed by atoms with Gasteiger partial charge in [-0.1, -0.05) is 30.3 Å². The normalized spacial score (nSPS) is 19.2. The van der Waals surface area contributed by atoms with Crippen LogP contribution in [0.2, 0.25) is 0 Å². The van der Waals surface area contributed by atoms with Gasteiger partial charge in [0, 0.05) is 37.4 Å². The summed E-state index contributed by atoms with van der Waals surface area (Å²) in [6.45, 7) is 2.58. The van der Waals surface area contributed by atoms with E-state index in [2.05, 4.69) is 34.6 Å². The van der Waals surface area contributed by atoms with Gasteiger partial charge in [0.25, 0.3) is 5.91 Å². The highest BCUT2D eigenvalue weighted by atomic mass is 16.8. The van der Waals surface area contributed by atoms with Gasteiger partial charge >= 0.3 is 0 Å². The van der Waals surface area contributed by atoms with Crippen molar-refractivity contribution >= 4 is 11.6 Å². The Balaban J connectivity index is 1.32. The van der Waals surface area contributed by atoms with Crippen molar-refractivity contribution in [3.05, 3.63) is 65.2 Å². The largest absolute Gasteiger partial charge is 0.367 e. The fraction of sp³-hybridized carbons (Fsp3) is 0.381. The molecule has 2 heterocycles. The maximum atomic E-state index is 12.2. The van der Waals surface area contributed by atoms with Gasteiger partial charge in [-0.2, -0.15) is 0 Å². The van der Waals surface area contributed by atoms with E-state index in [0.29, 0.717) is 12.2 Å². The zero-order valence-electron chi connectivity index (χ0n) is 14.8. The lowest BCUT2D eigenvalue weighted by Crippen LogP contribution is -2.33.